The van der Waals surface area contributed by atoms with Crippen LogP contribution in [-0.4, -0.2) is 52.4 Å². The van der Waals surface area contributed by atoms with E-state index in [0.29, 0.717) is 5.75 Å². The Morgan fingerprint density at radius 3 is 2.57 bits per heavy atom. The monoisotopic (exact) mass is 524 g/mol. The summed E-state index contributed by atoms with van der Waals surface area (Å²) in [7, 11) is -3.64. The van der Waals surface area contributed by atoms with Crippen molar-refractivity contribution in [2.75, 3.05) is 14.2 Å². The second-order valence-electron chi connectivity index (χ2n) is 6.86. The second kappa shape index (κ2) is 9.92. The lowest BCUT2D eigenvalue weighted by Crippen LogP contribution is -2.18. The first-order valence-corrected chi connectivity index (χ1v) is 12.6. The van der Waals surface area contributed by atoms with Crippen molar-refractivity contribution in [3.05, 3.63) is 60.7 Å². The van der Waals surface area contributed by atoms with Crippen LogP contribution in [-0.2, 0) is 26.6 Å². The maximum atomic E-state index is 13.5. The third kappa shape index (κ3) is 4.79. The Labute approximate surface area is 201 Å². The highest BCUT2D eigenvalue weighted by Crippen LogP contribution is 2.32. The zero-order valence-electron chi connectivity index (χ0n) is 18.3. The molecule has 184 valence electrons. The molecule has 0 spiro atoms. The average Bonchev–Trinajstić information content (AvgIpc) is 3.24. The average molecular weight is 525 g/mol. The molecule has 0 aliphatic rings. The van der Waals surface area contributed by atoms with Crippen LogP contribution in [0.15, 0.2) is 65.0 Å². The Bertz CT molecular complexity index is 1500. The molecule has 0 amide bonds. The molecule has 10 nitrogen and oxygen atoms in total. The lowest BCUT2D eigenvalue weighted by Gasteiger charge is -2.13. The van der Waals surface area contributed by atoms with Gasteiger partial charge in [-0.1, -0.05) is 0 Å². The summed E-state index contributed by atoms with van der Waals surface area (Å²) in [6.07, 6.45) is 3.93. The molecule has 0 saturated carbocycles. The van der Waals surface area contributed by atoms with Crippen molar-refractivity contribution in [2.45, 2.75) is 22.4 Å². The number of ether oxygens (including phenoxy) is 3. The molecule has 14 heteroatoms. The number of nitrogens with zero attached hydrogens (tertiary/aromatic N) is 4. The number of halogens is 2. The van der Waals surface area contributed by atoms with Crippen molar-refractivity contribution < 1.29 is 35.6 Å². The van der Waals surface area contributed by atoms with Crippen LogP contribution < -0.4 is 14.2 Å². The normalized spacial score (nSPS) is 12.6. The van der Waals surface area contributed by atoms with Crippen LogP contribution in [0.4, 0.5) is 8.78 Å². The van der Waals surface area contributed by atoms with Crippen molar-refractivity contribution in [1.82, 2.24) is 18.9 Å². The number of hydrogen-bond donors (Lipinski definition) is 0. The third-order valence-corrected chi connectivity index (χ3v) is 7.81. The first-order chi connectivity index (χ1) is 16.8. The zero-order chi connectivity index (χ0) is 25.2. The lowest BCUT2D eigenvalue weighted by molar-refractivity contribution is -0.0497. The van der Waals surface area contributed by atoms with Crippen molar-refractivity contribution in [2.24, 2.45) is 0 Å². The van der Waals surface area contributed by atoms with E-state index in [1.54, 1.807) is 6.07 Å². The van der Waals surface area contributed by atoms with Gasteiger partial charge in [0.05, 0.1) is 47.5 Å². The van der Waals surface area contributed by atoms with Gasteiger partial charge in [0.1, 0.15) is 10.6 Å². The zero-order valence-corrected chi connectivity index (χ0v) is 19.9. The fraction of sp³-hybridized carbons (Fsp3) is 0.190. The smallest absolute Gasteiger partial charge is 0.387 e. The quantitative estimate of drug-likeness (QED) is 0.325. The van der Waals surface area contributed by atoms with Crippen LogP contribution >= 0.6 is 0 Å². The van der Waals surface area contributed by atoms with Gasteiger partial charge in [-0.2, -0.15) is 8.78 Å². The van der Waals surface area contributed by atoms with Gasteiger partial charge in [-0.05, 0) is 24.3 Å². The van der Waals surface area contributed by atoms with E-state index >= 15 is 0 Å². The summed E-state index contributed by atoms with van der Waals surface area (Å²) in [5.41, 5.74) is 0.248. The molecular weight excluding hydrogens is 506 g/mol. The molecule has 0 saturated heterocycles. The van der Waals surface area contributed by atoms with Crippen LogP contribution in [0.5, 0.6) is 17.2 Å². The fourth-order valence-corrected chi connectivity index (χ4v) is 6.23. The van der Waals surface area contributed by atoms with E-state index in [0.717, 1.165) is 16.2 Å². The fourth-order valence-electron chi connectivity index (χ4n) is 3.31. The number of fused-ring (bicyclic) bond motifs is 1. The molecule has 4 aromatic rings. The van der Waals surface area contributed by atoms with Gasteiger partial charge >= 0.3 is 6.61 Å². The molecule has 0 aliphatic carbocycles. The SMILES string of the molecule is COc1ccnc(CS(=O)c2nc3ccc(OC(F)F)cc3n2S(=O)(=O)c2cccnc2)c1OC. The minimum Gasteiger partial charge on any atom is -0.493 e. The molecule has 35 heavy (non-hydrogen) atoms. The maximum Gasteiger partial charge on any atom is 0.387 e. The Kier molecular flexibility index (Phi) is 6.93. The van der Waals surface area contributed by atoms with E-state index in [4.69, 9.17) is 9.47 Å². The van der Waals surface area contributed by atoms with E-state index in [2.05, 4.69) is 19.7 Å². The molecule has 1 aromatic carbocycles. The van der Waals surface area contributed by atoms with Crippen molar-refractivity contribution >= 4 is 31.9 Å². The van der Waals surface area contributed by atoms with Gasteiger partial charge in [-0.25, -0.2) is 17.4 Å². The second-order valence-corrected chi connectivity index (χ2v) is 10.00. The lowest BCUT2D eigenvalue weighted by atomic mass is 10.3. The van der Waals surface area contributed by atoms with Crippen LogP contribution in [0.3, 0.4) is 0 Å². The molecule has 0 radical (unpaired) electrons. The predicted molar refractivity (Wildman–Crippen MR) is 121 cm³/mol. The van der Waals surface area contributed by atoms with E-state index in [1.807, 2.05) is 0 Å². The highest BCUT2D eigenvalue weighted by Gasteiger charge is 2.29. The molecule has 1 atom stereocenters. The number of pyridine rings is 2. The summed E-state index contributed by atoms with van der Waals surface area (Å²) < 4.78 is 81.8. The highest BCUT2D eigenvalue weighted by atomic mass is 32.2. The standard InChI is InChI=1S/C21H18F2N4O6S2/c1-31-18-7-9-25-16(19(18)32-2)12-34(28)21-26-15-6-5-13(33-20(22)23)10-17(15)27(21)35(29,30)14-4-3-8-24-11-14/h3-11,20H,12H2,1-2H3. The molecule has 0 fully saturated rings. The molecule has 1 unspecified atom stereocenters. The third-order valence-electron chi connectivity index (χ3n) is 4.79. The molecule has 0 bridgehead atoms. The number of methoxy groups -OCH3 is 2. The number of alkyl halides is 2. The largest absolute Gasteiger partial charge is 0.493 e. The van der Waals surface area contributed by atoms with Gasteiger partial charge in [-0.15, -0.1) is 0 Å². The summed E-state index contributed by atoms with van der Waals surface area (Å²) >= 11 is 0. The predicted octanol–water partition coefficient (Wildman–Crippen LogP) is 2.99. The molecule has 0 aliphatic heterocycles. The van der Waals surface area contributed by atoms with E-state index in [1.165, 1.54) is 50.9 Å². The Hall–Kier alpha value is -3.65. The Balaban J connectivity index is 1.89. The van der Waals surface area contributed by atoms with E-state index < -0.39 is 27.4 Å². The summed E-state index contributed by atoms with van der Waals surface area (Å²) in [5.74, 6) is 0.0177. The first-order valence-electron chi connectivity index (χ1n) is 9.83. The maximum absolute atomic E-state index is 13.5. The van der Waals surface area contributed by atoms with Crippen LogP contribution in [0, 0.1) is 0 Å². The van der Waals surface area contributed by atoms with Crippen LogP contribution in [0.1, 0.15) is 5.69 Å². The number of aromatic nitrogens is 4. The minimum absolute atomic E-state index is 0.0964. The summed E-state index contributed by atoms with van der Waals surface area (Å²) in [5, 5.41) is -0.343. The summed E-state index contributed by atoms with van der Waals surface area (Å²) in [6.45, 7) is -3.13. The van der Waals surface area contributed by atoms with Gasteiger partial charge in [-0.3, -0.25) is 14.2 Å². The van der Waals surface area contributed by atoms with Crippen LogP contribution in [0.25, 0.3) is 11.0 Å². The number of imidazole rings is 1. The minimum atomic E-state index is -4.38. The van der Waals surface area contributed by atoms with E-state index in [9.17, 15) is 21.4 Å². The van der Waals surface area contributed by atoms with Crippen molar-refractivity contribution in [3.8, 4) is 17.2 Å². The van der Waals surface area contributed by atoms with Crippen molar-refractivity contribution in [3.63, 3.8) is 0 Å². The first kappa shape index (κ1) is 24.5. The molecule has 3 aromatic heterocycles. The number of hydrogen-bond acceptors (Lipinski definition) is 9. The van der Waals surface area contributed by atoms with Gasteiger partial charge in [0, 0.05) is 30.7 Å². The summed E-state index contributed by atoms with van der Waals surface area (Å²) in [6, 6.07) is 7.87. The Morgan fingerprint density at radius 1 is 1.11 bits per heavy atom. The van der Waals surface area contributed by atoms with Gasteiger partial charge in [0.15, 0.2) is 11.5 Å². The van der Waals surface area contributed by atoms with Gasteiger partial charge in [0.25, 0.3) is 10.0 Å². The molecule has 0 N–H and O–H groups in total. The number of benzene rings is 1. The molecule has 4 rings (SSSR count). The van der Waals surface area contributed by atoms with Crippen LogP contribution in [0.2, 0.25) is 0 Å². The van der Waals surface area contributed by atoms with Gasteiger partial charge in [0.2, 0.25) is 5.16 Å². The summed E-state index contributed by atoms with van der Waals surface area (Å²) in [4.78, 5) is 12.0. The topological polar surface area (TPSA) is 122 Å². The molecular formula is C21H18F2N4O6S2. The van der Waals surface area contributed by atoms with Gasteiger partial charge < -0.3 is 14.2 Å². The van der Waals surface area contributed by atoms with Crippen molar-refractivity contribution in [1.29, 1.82) is 0 Å². The molecule has 3 heterocycles. The number of rotatable bonds is 9. The van der Waals surface area contributed by atoms with E-state index in [-0.39, 0.29) is 44.0 Å². The highest BCUT2D eigenvalue weighted by molar-refractivity contribution is 7.91. The Morgan fingerprint density at radius 2 is 1.91 bits per heavy atom.